The molecule has 0 aliphatic heterocycles. The topological polar surface area (TPSA) is 86.3 Å². The summed E-state index contributed by atoms with van der Waals surface area (Å²) in [5.41, 5.74) is 2.94. The molecule has 170 valence electrons. The second kappa shape index (κ2) is 8.89. The number of rotatable bonds is 7. The molecule has 34 heavy (non-hydrogen) atoms. The van der Waals surface area contributed by atoms with Crippen LogP contribution in [-0.4, -0.2) is 33.4 Å². The summed E-state index contributed by atoms with van der Waals surface area (Å²) >= 11 is 6.02. The number of nitrogens with zero attached hydrogens (tertiary/aromatic N) is 4. The quantitative estimate of drug-likeness (QED) is 0.305. The third-order valence-corrected chi connectivity index (χ3v) is 7.49. The molecule has 0 saturated carbocycles. The number of halogens is 1. The smallest absolute Gasteiger partial charge is 0.209 e. The predicted octanol–water partition coefficient (Wildman–Crippen LogP) is 4.82. The fourth-order valence-electron chi connectivity index (χ4n) is 3.66. The number of hydrogen-bond donors (Lipinski definition) is 0. The van der Waals surface area contributed by atoms with E-state index in [0.717, 1.165) is 11.2 Å². The first kappa shape index (κ1) is 22.1. The van der Waals surface area contributed by atoms with Gasteiger partial charge in [-0.05, 0) is 54.4 Å². The number of fused-ring (bicyclic) bond motifs is 1. The standard InChI is InChI=1S/C25H19ClN4O3S/c26-20-2-1-3-21(14-20)30-17-23(15-28-30)34(32,33)22-8-4-18(5-9-22)6-10-24(31)19-7-11-25-27-12-13-29(25)16-19/h1-5,7-9,11-17H,6,10H2. The SMILES string of the molecule is O=C(CCc1ccc(S(=O)(=O)c2cnn(-c3cccc(Cl)c3)c2)cc1)c1ccc2nccn2c1. The van der Waals surface area contributed by atoms with Crippen molar-refractivity contribution in [2.75, 3.05) is 0 Å². The zero-order valence-corrected chi connectivity index (χ0v) is 19.4. The molecule has 3 aromatic heterocycles. The summed E-state index contributed by atoms with van der Waals surface area (Å²) in [6, 6.07) is 17.2. The number of carbonyl (C=O) groups excluding carboxylic acids is 1. The van der Waals surface area contributed by atoms with Crippen LogP contribution in [0.1, 0.15) is 22.3 Å². The molecular weight excluding hydrogens is 472 g/mol. The van der Waals surface area contributed by atoms with Gasteiger partial charge in [0.25, 0.3) is 0 Å². The van der Waals surface area contributed by atoms with Gasteiger partial charge in [0.05, 0.1) is 16.8 Å². The van der Waals surface area contributed by atoms with Crippen LogP contribution in [0.3, 0.4) is 0 Å². The van der Waals surface area contributed by atoms with Crippen LogP contribution in [0.15, 0.2) is 101 Å². The number of pyridine rings is 1. The molecule has 0 N–H and O–H groups in total. The van der Waals surface area contributed by atoms with E-state index in [2.05, 4.69) is 10.1 Å². The minimum absolute atomic E-state index is 0.0146. The molecule has 0 atom stereocenters. The van der Waals surface area contributed by atoms with E-state index in [1.54, 1.807) is 83.7 Å². The fraction of sp³-hybridized carbons (Fsp3) is 0.0800. The van der Waals surface area contributed by atoms with Crippen molar-refractivity contribution < 1.29 is 13.2 Å². The van der Waals surface area contributed by atoms with E-state index in [4.69, 9.17) is 11.6 Å². The van der Waals surface area contributed by atoms with Crippen molar-refractivity contribution in [1.82, 2.24) is 19.2 Å². The van der Waals surface area contributed by atoms with E-state index in [-0.39, 0.29) is 15.6 Å². The van der Waals surface area contributed by atoms with Crippen LogP contribution in [0.2, 0.25) is 5.02 Å². The molecule has 0 amide bonds. The van der Waals surface area contributed by atoms with E-state index < -0.39 is 9.84 Å². The molecule has 0 fully saturated rings. The maximum Gasteiger partial charge on any atom is 0.209 e. The minimum atomic E-state index is -3.73. The Bertz CT molecular complexity index is 1600. The number of carbonyl (C=O) groups is 1. The van der Waals surface area contributed by atoms with Gasteiger partial charge in [-0.25, -0.2) is 18.1 Å². The van der Waals surface area contributed by atoms with E-state index in [1.165, 1.54) is 17.1 Å². The summed E-state index contributed by atoms with van der Waals surface area (Å²) in [4.78, 5) is 17.0. The van der Waals surface area contributed by atoms with Crippen LogP contribution in [0.5, 0.6) is 0 Å². The Kier molecular flexibility index (Phi) is 5.77. The maximum atomic E-state index is 13.1. The first-order valence-electron chi connectivity index (χ1n) is 10.5. The van der Waals surface area contributed by atoms with Gasteiger partial charge in [-0.3, -0.25) is 4.79 Å². The highest BCUT2D eigenvalue weighted by molar-refractivity contribution is 7.91. The average molecular weight is 491 g/mol. The fourth-order valence-corrected chi connectivity index (χ4v) is 5.04. The molecule has 0 spiro atoms. The summed E-state index contributed by atoms with van der Waals surface area (Å²) in [6.45, 7) is 0. The molecule has 2 aromatic carbocycles. The summed E-state index contributed by atoms with van der Waals surface area (Å²) < 4.78 is 29.4. The van der Waals surface area contributed by atoms with Crippen LogP contribution in [-0.2, 0) is 16.3 Å². The summed E-state index contributed by atoms with van der Waals surface area (Å²) in [5.74, 6) is 0.0146. The number of ketones is 1. The zero-order valence-electron chi connectivity index (χ0n) is 17.9. The Morgan fingerprint density at radius 3 is 2.59 bits per heavy atom. The van der Waals surface area contributed by atoms with E-state index in [9.17, 15) is 13.2 Å². The molecule has 0 radical (unpaired) electrons. The average Bonchev–Trinajstić information content (AvgIpc) is 3.52. The molecule has 0 saturated heterocycles. The monoisotopic (exact) mass is 490 g/mol. The number of aromatic nitrogens is 4. The van der Waals surface area contributed by atoms with Gasteiger partial charge in [0.1, 0.15) is 10.5 Å². The van der Waals surface area contributed by atoms with Gasteiger partial charge in [-0.15, -0.1) is 0 Å². The van der Waals surface area contributed by atoms with Crippen molar-refractivity contribution in [3.8, 4) is 5.69 Å². The van der Waals surface area contributed by atoms with E-state index >= 15 is 0 Å². The Morgan fingerprint density at radius 1 is 0.971 bits per heavy atom. The lowest BCUT2D eigenvalue weighted by atomic mass is 10.0. The third-order valence-electron chi connectivity index (χ3n) is 5.53. The van der Waals surface area contributed by atoms with E-state index in [1.807, 2.05) is 0 Å². The van der Waals surface area contributed by atoms with Gasteiger partial charge in [0, 0.05) is 41.8 Å². The van der Waals surface area contributed by atoms with Gasteiger partial charge in [0.15, 0.2) is 5.78 Å². The summed E-state index contributed by atoms with van der Waals surface area (Å²) in [7, 11) is -3.73. The van der Waals surface area contributed by atoms with Crippen LogP contribution in [0, 0.1) is 0 Å². The molecule has 9 heteroatoms. The Hall–Kier alpha value is -3.75. The van der Waals surface area contributed by atoms with Crippen LogP contribution >= 0.6 is 11.6 Å². The number of Topliss-reactive ketones (excluding diaryl/α,β-unsaturated/α-hetero) is 1. The van der Waals surface area contributed by atoms with Crippen LogP contribution < -0.4 is 0 Å². The lowest BCUT2D eigenvalue weighted by Gasteiger charge is -2.06. The predicted molar refractivity (Wildman–Crippen MR) is 128 cm³/mol. The van der Waals surface area contributed by atoms with Crippen LogP contribution in [0.4, 0.5) is 0 Å². The lowest BCUT2D eigenvalue weighted by Crippen LogP contribution is -2.04. The number of aryl methyl sites for hydroxylation is 1. The molecular formula is C25H19ClN4O3S. The lowest BCUT2D eigenvalue weighted by molar-refractivity contribution is 0.0982. The van der Waals surface area contributed by atoms with Crippen molar-refractivity contribution in [1.29, 1.82) is 0 Å². The normalized spacial score (nSPS) is 11.7. The number of sulfone groups is 1. The van der Waals surface area contributed by atoms with Gasteiger partial charge < -0.3 is 4.40 Å². The molecule has 0 bridgehead atoms. The molecule has 5 aromatic rings. The number of imidazole rings is 1. The molecule has 7 nitrogen and oxygen atoms in total. The van der Waals surface area contributed by atoms with Crippen molar-refractivity contribution in [2.45, 2.75) is 22.6 Å². The number of hydrogen-bond acceptors (Lipinski definition) is 5. The summed E-state index contributed by atoms with van der Waals surface area (Å²) in [5, 5.41) is 4.70. The molecule has 0 aliphatic rings. The summed E-state index contributed by atoms with van der Waals surface area (Å²) in [6.07, 6.45) is 8.85. The maximum absolute atomic E-state index is 13.1. The largest absolute Gasteiger partial charge is 0.306 e. The minimum Gasteiger partial charge on any atom is -0.306 e. The number of benzene rings is 2. The van der Waals surface area contributed by atoms with Crippen molar-refractivity contribution in [3.63, 3.8) is 0 Å². The molecule has 3 heterocycles. The Morgan fingerprint density at radius 2 is 1.79 bits per heavy atom. The highest BCUT2D eigenvalue weighted by atomic mass is 35.5. The second-order valence-electron chi connectivity index (χ2n) is 7.78. The second-order valence-corrected chi connectivity index (χ2v) is 10.2. The highest BCUT2D eigenvalue weighted by Crippen LogP contribution is 2.23. The first-order chi connectivity index (χ1) is 16.4. The highest BCUT2D eigenvalue weighted by Gasteiger charge is 2.20. The molecule has 0 aliphatic carbocycles. The third kappa shape index (κ3) is 4.37. The molecule has 5 rings (SSSR count). The van der Waals surface area contributed by atoms with Crippen molar-refractivity contribution >= 4 is 32.9 Å². The molecule has 0 unspecified atom stereocenters. The van der Waals surface area contributed by atoms with Gasteiger partial charge in [0.2, 0.25) is 9.84 Å². The van der Waals surface area contributed by atoms with Crippen LogP contribution in [0.25, 0.3) is 11.3 Å². The first-order valence-corrected chi connectivity index (χ1v) is 12.4. The Labute approximate surface area is 201 Å². The van der Waals surface area contributed by atoms with E-state index in [0.29, 0.717) is 29.1 Å². The van der Waals surface area contributed by atoms with Gasteiger partial charge in [-0.2, -0.15) is 5.10 Å². The van der Waals surface area contributed by atoms with Crippen molar-refractivity contribution in [2.24, 2.45) is 0 Å². The Balaban J connectivity index is 1.28. The van der Waals surface area contributed by atoms with Gasteiger partial charge in [-0.1, -0.05) is 29.8 Å². The van der Waals surface area contributed by atoms with Gasteiger partial charge >= 0.3 is 0 Å². The van der Waals surface area contributed by atoms with Crippen molar-refractivity contribution in [3.05, 3.63) is 108 Å². The zero-order chi connectivity index (χ0) is 23.7.